The standard InChI is InChI=1S/C23H20F4N6O3/c24-16-2-4-17(5-3-16)33-13-15(11-19(33)34)21(35)32-9-7-31(8-10-32)18-6-1-14(12-28-18)20-29-22(36-30-20)23(25,26)27/h1-6,12,15H,7-11,13H2. The maximum atomic E-state index is 13.2. The highest BCUT2D eigenvalue weighted by molar-refractivity contribution is 6.00. The van der Waals surface area contributed by atoms with Crippen LogP contribution in [0.1, 0.15) is 12.3 Å². The van der Waals surface area contributed by atoms with E-state index in [0.717, 1.165) is 0 Å². The summed E-state index contributed by atoms with van der Waals surface area (Å²) < 4.78 is 55.4. The van der Waals surface area contributed by atoms with Crippen molar-refractivity contribution in [3.05, 3.63) is 54.3 Å². The molecule has 2 aliphatic rings. The van der Waals surface area contributed by atoms with Gasteiger partial charge in [-0.1, -0.05) is 5.16 Å². The molecule has 4 heterocycles. The van der Waals surface area contributed by atoms with Crippen LogP contribution < -0.4 is 9.80 Å². The van der Waals surface area contributed by atoms with Gasteiger partial charge in [-0.2, -0.15) is 18.2 Å². The van der Waals surface area contributed by atoms with E-state index in [-0.39, 0.29) is 36.2 Å². The van der Waals surface area contributed by atoms with E-state index in [9.17, 15) is 27.2 Å². The summed E-state index contributed by atoms with van der Waals surface area (Å²) in [6.45, 7) is 2.12. The van der Waals surface area contributed by atoms with Gasteiger partial charge in [-0.25, -0.2) is 9.37 Å². The minimum Gasteiger partial charge on any atom is -0.353 e. The van der Waals surface area contributed by atoms with Gasteiger partial charge in [-0.3, -0.25) is 9.59 Å². The summed E-state index contributed by atoms with van der Waals surface area (Å²) in [5.74, 6) is -2.18. The smallest absolute Gasteiger partial charge is 0.353 e. The predicted molar refractivity (Wildman–Crippen MR) is 118 cm³/mol. The van der Waals surface area contributed by atoms with Crippen LogP contribution in [0.5, 0.6) is 0 Å². The third-order valence-electron chi connectivity index (χ3n) is 6.20. The minimum absolute atomic E-state index is 0.103. The molecule has 2 aliphatic heterocycles. The zero-order chi connectivity index (χ0) is 25.4. The Morgan fingerprint density at radius 2 is 1.75 bits per heavy atom. The van der Waals surface area contributed by atoms with Gasteiger partial charge in [0.05, 0.1) is 5.92 Å². The summed E-state index contributed by atoms with van der Waals surface area (Å²) in [6.07, 6.45) is -3.25. The van der Waals surface area contributed by atoms with Crippen molar-refractivity contribution in [1.29, 1.82) is 0 Å². The first-order chi connectivity index (χ1) is 17.2. The molecule has 0 N–H and O–H groups in total. The van der Waals surface area contributed by atoms with Crippen molar-refractivity contribution in [3.8, 4) is 11.4 Å². The number of rotatable bonds is 4. The van der Waals surface area contributed by atoms with Crippen molar-refractivity contribution in [2.75, 3.05) is 42.5 Å². The van der Waals surface area contributed by atoms with Crippen LogP contribution in [0, 0.1) is 11.7 Å². The molecule has 0 spiro atoms. The molecule has 0 aliphatic carbocycles. The monoisotopic (exact) mass is 504 g/mol. The number of aromatic nitrogens is 3. The largest absolute Gasteiger partial charge is 0.471 e. The first-order valence-corrected chi connectivity index (χ1v) is 11.2. The predicted octanol–water partition coefficient (Wildman–Crippen LogP) is 2.99. The van der Waals surface area contributed by atoms with E-state index in [1.807, 2.05) is 4.90 Å². The maximum absolute atomic E-state index is 13.2. The van der Waals surface area contributed by atoms with E-state index >= 15 is 0 Å². The van der Waals surface area contributed by atoms with Gasteiger partial charge < -0.3 is 19.2 Å². The highest BCUT2D eigenvalue weighted by atomic mass is 19.4. The Morgan fingerprint density at radius 3 is 2.36 bits per heavy atom. The molecular weight excluding hydrogens is 484 g/mol. The number of alkyl halides is 3. The molecule has 1 aromatic carbocycles. The van der Waals surface area contributed by atoms with Crippen LogP contribution in [-0.2, 0) is 15.8 Å². The fourth-order valence-corrected chi connectivity index (χ4v) is 4.32. The second kappa shape index (κ2) is 9.21. The Bertz CT molecular complexity index is 1250. The number of halogens is 4. The lowest BCUT2D eigenvalue weighted by Gasteiger charge is -2.36. The Hall–Kier alpha value is -4.03. The van der Waals surface area contributed by atoms with Gasteiger partial charge in [-0.05, 0) is 36.4 Å². The molecule has 0 bridgehead atoms. The summed E-state index contributed by atoms with van der Waals surface area (Å²) >= 11 is 0. The molecule has 2 fully saturated rings. The highest BCUT2D eigenvalue weighted by Gasteiger charge is 2.39. The van der Waals surface area contributed by atoms with Crippen molar-refractivity contribution in [2.24, 2.45) is 5.92 Å². The molecule has 0 radical (unpaired) electrons. The van der Waals surface area contributed by atoms with Crippen molar-refractivity contribution in [1.82, 2.24) is 20.0 Å². The minimum atomic E-state index is -4.72. The lowest BCUT2D eigenvalue weighted by Crippen LogP contribution is -2.51. The number of hydrogen-bond donors (Lipinski definition) is 0. The van der Waals surface area contributed by atoms with Crippen molar-refractivity contribution in [3.63, 3.8) is 0 Å². The summed E-state index contributed by atoms with van der Waals surface area (Å²) in [6, 6.07) is 8.79. The number of pyridine rings is 1. The van der Waals surface area contributed by atoms with Crippen molar-refractivity contribution in [2.45, 2.75) is 12.6 Å². The number of anilines is 2. The first kappa shape index (κ1) is 23.7. The summed E-state index contributed by atoms with van der Waals surface area (Å²) in [7, 11) is 0. The number of piperazine rings is 1. The molecule has 2 saturated heterocycles. The SMILES string of the molecule is O=C(C1CC(=O)N(c2ccc(F)cc2)C1)N1CCN(c2ccc(-c3noc(C(F)(F)F)n3)cn2)CC1. The van der Waals surface area contributed by atoms with Crippen LogP contribution in [0.4, 0.5) is 29.1 Å². The van der Waals surface area contributed by atoms with Crippen molar-refractivity contribution < 1.29 is 31.7 Å². The second-order valence-corrected chi connectivity index (χ2v) is 8.52. The zero-order valence-corrected chi connectivity index (χ0v) is 18.8. The number of benzene rings is 1. The van der Waals surface area contributed by atoms with E-state index in [0.29, 0.717) is 37.7 Å². The number of nitrogens with zero attached hydrogens (tertiary/aromatic N) is 6. The summed E-state index contributed by atoms with van der Waals surface area (Å²) in [5.41, 5.74) is 0.843. The number of carbonyl (C=O) groups excluding carboxylic acids is 2. The van der Waals surface area contributed by atoms with E-state index in [1.54, 1.807) is 17.0 Å². The van der Waals surface area contributed by atoms with Gasteiger partial charge in [0.25, 0.3) is 0 Å². The molecular formula is C23H20F4N6O3. The normalized spacial score (nSPS) is 18.7. The molecule has 2 aromatic heterocycles. The maximum Gasteiger partial charge on any atom is 0.471 e. The van der Waals surface area contributed by atoms with Gasteiger partial charge >= 0.3 is 12.1 Å². The Morgan fingerprint density at radius 1 is 1.03 bits per heavy atom. The van der Waals surface area contributed by atoms with Crippen LogP contribution in [0.2, 0.25) is 0 Å². The van der Waals surface area contributed by atoms with Crippen molar-refractivity contribution >= 4 is 23.3 Å². The molecule has 5 rings (SSSR count). The number of hydrogen-bond acceptors (Lipinski definition) is 7. The van der Waals surface area contributed by atoms with Gasteiger partial charge in [-0.15, -0.1) is 0 Å². The zero-order valence-electron chi connectivity index (χ0n) is 18.8. The van der Waals surface area contributed by atoms with E-state index in [2.05, 4.69) is 19.6 Å². The summed E-state index contributed by atoms with van der Waals surface area (Å²) in [5, 5.41) is 3.35. The highest BCUT2D eigenvalue weighted by Crippen LogP contribution is 2.30. The molecule has 0 saturated carbocycles. The van der Waals surface area contributed by atoms with Gasteiger partial charge in [0.15, 0.2) is 0 Å². The third-order valence-corrected chi connectivity index (χ3v) is 6.20. The third kappa shape index (κ3) is 4.72. The van der Waals surface area contributed by atoms with Crippen LogP contribution >= 0.6 is 0 Å². The molecule has 36 heavy (non-hydrogen) atoms. The quantitative estimate of drug-likeness (QED) is 0.504. The number of carbonyl (C=O) groups is 2. The van der Waals surface area contributed by atoms with E-state index in [4.69, 9.17) is 0 Å². The lowest BCUT2D eigenvalue weighted by molar-refractivity contribution is -0.159. The topological polar surface area (TPSA) is 95.7 Å². The first-order valence-electron chi connectivity index (χ1n) is 11.2. The van der Waals surface area contributed by atoms with Crippen LogP contribution in [0.15, 0.2) is 47.1 Å². The van der Waals surface area contributed by atoms with E-state index in [1.165, 1.54) is 35.4 Å². The van der Waals surface area contributed by atoms with Crippen LogP contribution in [0.3, 0.4) is 0 Å². The Kier molecular flexibility index (Phi) is 6.06. The fraction of sp³-hybridized carbons (Fsp3) is 0.348. The van der Waals surface area contributed by atoms with Crippen LogP contribution in [-0.4, -0.2) is 64.6 Å². The Balaban J connectivity index is 1.17. The fourth-order valence-electron chi connectivity index (χ4n) is 4.32. The lowest BCUT2D eigenvalue weighted by atomic mass is 10.1. The molecule has 3 aromatic rings. The summed E-state index contributed by atoms with van der Waals surface area (Å²) in [4.78, 5) is 38.3. The van der Waals surface area contributed by atoms with Gasteiger partial charge in [0.1, 0.15) is 11.6 Å². The molecule has 1 unspecified atom stereocenters. The van der Waals surface area contributed by atoms with Gasteiger partial charge in [0.2, 0.25) is 17.6 Å². The van der Waals surface area contributed by atoms with Crippen LogP contribution in [0.25, 0.3) is 11.4 Å². The molecule has 1 atom stereocenters. The average Bonchev–Trinajstić information content (AvgIpc) is 3.52. The average molecular weight is 504 g/mol. The van der Waals surface area contributed by atoms with Gasteiger partial charge in [0, 0.05) is 56.6 Å². The molecule has 9 nitrogen and oxygen atoms in total. The van der Waals surface area contributed by atoms with E-state index < -0.39 is 23.8 Å². The number of amides is 2. The molecule has 2 amide bonds. The molecule has 13 heteroatoms. The Labute approximate surface area is 202 Å². The second-order valence-electron chi connectivity index (χ2n) is 8.52. The molecule has 188 valence electrons.